The van der Waals surface area contributed by atoms with Crippen LogP contribution in [0.2, 0.25) is 0 Å². The van der Waals surface area contributed by atoms with Crippen LogP contribution in [0.25, 0.3) is 11.0 Å². The van der Waals surface area contributed by atoms with Gasteiger partial charge in [-0.3, -0.25) is 14.4 Å². The quantitative estimate of drug-likeness (QED) is 0.585. The zero-order valence-electron chi connectivity index (χ0n) is 10.3. The van der Waals surface area contributed by atoms with Crippen molar-refractivity contribution in [2.24, 2.45) is 0 Å². The molecule has 0 bridgehead atoms. The van der Waals surface area contributed by atoms with E-state index in [1.54, 1.807) is 18.2 Å². The number of hydrogen-bond donors (Lipinski definition) is 4. The lowest BCUT2D eigenvalue weighted by molar-refractivity contribution is -0.137. The number of imidazole rings is 1. The van der Waals surface area contributed by atoms with Crippen LogP contribution in [0.15, 0.2) is 24.5 Å². The maximum Gasteiger partial charge on any atom is 0.322 e. The molecule has 104 valence electrons. The second-order valence-electron chi connectivity index (χ2n) is 3.99. The van der Waals surface area contributed by atoms with Gasteiger partial charge < -0.3 is 20.7 Å². The predicted molar refractivity (Wildman–Crippen MR) is 69.1 cm³/mol. The smallest absolute Gasteiger partial charge is 0.322 e. The van der Waals surface area contributed by atoms with Gasteiger partial charge in [-0.05, 0) is 18.2 Å². The number of carbonyl (C=O) groups excluding carboxylic acids is 2. The third-order valence-corrected chi connectivity index (χ3v) is 2.53. The summed E-state index contributed by atoms with van der Waals surface area (Å²) in [6.07, 6.45) is 1.52. The molecule has 8 nitrogen and oxygen atoms in total. The Hall–Kier alpha value is -2.90. The van der Waals surface area contributed by atoms with Crippen LogP contribution in [-0.2, 0) is 9.59 Å². The van der Waals surface area contributed by atoms with E-state index in [0.717, 1.165) is 5.52 Å². The van der Waals surface area contributed by atoms with E-state index in [0.29, 0.717) is 11.1 Å². The van der Waals surface area contributed by atoms with Crippen molar-refractivity contribution in [3.05, 3.63) is 30.1 Å². The van der Waals surface area contributed by atoms with Crippen molar-refractivity contribution < 1.29 is 19.5 Å². The maximum absolute atomic E-state index is 11.8. The lowest BCUT2D eigenvalue weighted by atomic mass is 10.2. The number of nitrogens with zero attached hydrogens (tertiary/aromatic N) is 1. The molecule has 0 aliphatic carbocycles. The van der Waals surface area contributed by atoms with Gasteiger partial charge in [-0.15, -0.1) is 0 Å². The van der Waals surface area contributed by atoms with E-state index in [-0.39, 0.29) is 6.54 Å². The highest BCUT2D eigenvalue weighted by atomic mass is 16.4. The number of rotatable bonds is 5. The van der Waals surface area contributed by atoms with Gasteiger partial charge in [0.1, 0.15) is 6.54 Å². The summed E-state index contributed by atoms with van der Waals surface area (Å²) in [5.74, 6) is -2.13. The Bertz CT molecular complexity index is 664. The van der Waals surface area contributed by atoms with Gasteiger partial charge in [0.05, 0.1) is 23.9 Å². The second kappa shape index (κ2) is 5.83. The zero-order valence-corrected chi connectivity index (χ0v) is 10.3. The molecule has 0 saturated heterocycles. The van der Waals surface area contributed by atoms with E-state index >= 15 is 0 Å². The summed E-state index contributed by atoms with van der Waals surface area (Å²) < 4.78 is 0. The van der Waals surface area contributed by atoms with Crippen molar-refractivity contribution >= 4 is 28.8 Å². The summed E-state index contributed by atoms with van der Waals surface area (Å²) >= 11 is 0. The van der Waals surface area contributed by atoms with E-state index in [2.05, 4.69) is 20.6 Å². The lowest BCUT2D eigenvalue weighted by Gasteiger charge is -2.05. The number of benzene rings is 1. The number of amides is 2. The molecule has 20 heavy (non-hydrogen) atoms. The third-order valence-electron chi connectivity index (χ3n) is 2.53. The molecule has 0 aliphatic rings. The van der Waals surface area contributed by atoms with E-state index < -0.39 is 24.3 Å². The highest BCUT2D eigenvalue weighted by Crippen LogP contribution is 2.11. The van der Waals surface area contributed by atoms with Gasteiger partial charge in [-0.25, -0.2) is 4.98 Å². The molecule has 2 amide bonds. The maximum atomic E-state index is 11.8. The molecule has 4 N–H and O–H groups in total. The Balaban J connectivity index is 1.91. The number of carboxylic acid groups (broad SMARTS) is 1. The second-order valence-corrected chi connectivity index (χ2v) is 3.99. The Labute approximate surface area is 113 Å². The molecular weight excluding hydrogens is 264 g/mol. The summed E-state index contributed by atoms with van der Waals surface area (Å²) in [5.41, 5.74) is 1.83. The topological polar surface area (TPSA) is 124 Å². The molecule has 0 fully saturated rings. The van der Waals surface area contributed by atoms with Gasteiger partial charge in [0.15, 0.2) is 0 Å². The Kier molecular flexibility index (Phi) is 3.94. The number of fused-ring (bicyclic) bond motifs is 1. The fourth-order valence-electron chi connectivity index (χ4n) is 1.58. The number of aromatic amines is 1. The van der Waals surface area contributed by atoms with Crippen molar-refractivity contribution in [1.82, 2.24) is 20.6 Å². The summed E-state index contributed by atoms with van der Waals surface area (Å²) in [6, 6.07) is 4.89. The number of aromatic nitrogens is 2. The van der Waals surface area contributed by atoms with Crippen LogP contribution >= 0.6 is 0 Å². The molecule has 2 rings (SSSR count). The number of hydrogen-bond acceptors (Lipinski definition) is 4. The van der Waals surface area contributed by atoms with E-state index in [1.807, 2.05) is 0 Å². The number of aliphatic carboxylic acids is 1. The number of nitrogens with one attached hydrogen (secondary N) is 3. The molecule has 0 saturated carbocycles. The van der Waals surface area contributed by atoms with Gasteiger partial charge in [-0.2, -0.15) is 0 Å². The predicted octanol–water partition coefficient (Wildman–Crippen LogP) is -0.506. The molecule has 2 aromatic rings. The van der Waals surface area contributed by atoms with Crippen LogP contribution in [0.4, 0.5) is 0 Å². The van der Waals surface area contributed by atoms with E-state index in [4.69, 9.17) is 5.11 Å². The molecule has 8 heteroatoms. The molecule has 1 aromatic heterocycles. The number of carbonyl (C=O) groups is 3. The van der Waals surface area contributed by atoms with Crippen LogP contribution < -0.4 is 10.6 Å². The van der Waals surface area contributed by atoms with Crippen LogP contribution in [-0.4, -0.2) is 45.9 Å². The molecule has 0 atom stereocenters. The van der Waals surface area contributed by atoms with Crippen LogP contribution in [0.5, 0.6) is 0 Å². The minimum atomic E-state index is -1.14. The largest absolute Gasteiger partial charge is 0.480 e. The van der Waals surface area contributed by atoms with Crippen molar-refractivity contribution in [2.45, 2.75) is 0 Å². The minimum Gasteiger partial charge on any atom is -0.480 e. The van der Waals surface area contributed by atoms with Crippen LogP contribution in [0.3, 0.4) is 0 Å². The molecule has 0 aliphatic heterocycles. The normalized spacial score (nSPS) is 10.2. The SMILES string of the molecule is O=C(O)CNC(=O)CNC(=O)c1ccc2nc[nH]c2c1. The first-order chi connectivity index (χ1) is 9.56. The fourth-order valence-corrected chi connectivity index (χ4v) is 1.58. The van der Waals surface area contributed by atoms with Crippen molar-refractivity contribution in [2.75, 3.05) is 13.1 Å². The highest BCUT2D eigenvalue weighted by Gasteiger charge is 2.09. The molecule has 1 aromatic carbocycles. The van der Waals surface area contributed by atoms with Gasteiger partial charge in [0.2, 0.25) is 5.91 Å². The summed E-state index contributed by atoms with van der Waals surface area (Å²) in [4.78, 5) is 40.2. The van der Waals surface area contributed by atoms with Crippen molar-refractivity contribution in [1.29, 1.82) is 0 Å². The molecule has 0 spiro atoms. The first-order valence-electron chi connectivity index (χ1n) is 5.76. The van der Waals surface area contributed by atoms with Crippen molar-refractivity contribution in [3.63, 3.8) is 0 Å². The Morgan fingerprint density at radius 1 is 1.20 bits per heavy atom. The van der Waals surface area contributed by atoms with E-state index in [9.17, 15) is 14.4 Å². The summed E-state index contributed by atoms with van der Waals surface area (Å²) in [6.45, 7) is -0.762. The number of carboxylic acids is 1. The van der Waals surface area contributed by atoms with Crippen LogP contribution in [0, 0.1) is 0 Å². The van der Waals surface area contributed by atoms with Gasteiger partial charge >= 0.3 is 5.97 Å². The summed E-state index contributed by atoms with van der Waals surface area (Å²) in [5, 5.41) is 12.9. The van der Waals surface area contributed by atoms with Gasteiger partial charge in [-0.1, -0.05) is 0 Å². The van der Waals surface area contributed by atoms with Crippen LogP contribution in [0.1, 0.15) is 10.4 Å². The molecule has 0 unspecified atom stereocenters. The first-order valence-corrected chi connectivity index (χ1v) is 5.76. The van der Waals surface area contributed by atoms with E-state index in [1.165, 1.54) is 6.33 Å². The third kappa shape index (κ3) is 3.31. The Morgan fingerprint density at radius 3 is 2.75 bits per heavy atom. The fraction of sp³-hybridized carbons (Fsp3) is 0.167. The van der Waals surface area contributed by atoms with Crippen molar-refractivity contribution in [3.8, 4) is 0 Å². The molecular formula is C12H12N4O4. The monoisotopic (exact) mass is 276 g/mol. The molecule has 1 heterocycles. The average molecular weight is 276 g/mol. The van der Waals surface area contributed by atoms with Gasteiger partial charge in [0.25, 0.3) is 5.91 Å². The van der Waals surface area contributed by atoms with Gasteiger partial charge in [0, 0.05) is 5.56 Å². The standard InChI is InChI=1S/C12H12N4O4/c17-10(13-5-11(18)19)4-14-12(20)7-1-2-8-9(3-7)16-6-15-8/h1-3,6H,4-5H2,(H,13,17)(H,14,20)(H,15,16)(H,18,19). The Morgan fingerprint density at radius 2 is 2.00 bits per heavy atom. The average Bonchev–Trinajstić information content (AvgIpc) is 2.89. The highest BCUT2D eigenvalue weighted by molar-refractivity contribution is 5.99. The number of H-pyrrole nitrogens is 1. The minimum absolute atomic E-state index is 0.285. The summed E-state index contributed by atoms with van der Waals surface area (Å²) in [7, 11) is 0. The lowest BCUT2D eigenvalue weighted by Crippen LogP contribution is -2.39. The first kappa shape index (κ1) is 13.5. The molecule has 0 radical (unpaired) electrons. The zero-order chi connectivity index (χ0) is 14.5.